The molecular formula is C14H18BrFN8O4S. The number of amidine groups is 1. The number of rotatable bonds is 6. The number of nitrogens with two attached hydrogens (primary N) is 2. The molecule has 0 spiro atoms. The van der Waals surface area contributed by atoms with Gasteiger partial charge in [0, 0.05) is 30.9 Å². The number of hydrogen-bond donors (Lipinski definition) is 5. The van der Waals surface area contributed by atoms with Crippen molar-refractivity contribution in [1.29, 1.82) is 0 Å². The molecule has 0 aliphatic carbocycles. The second-order valence-corrected chi connectivity index (χ2v) is 8.91. The Hall–Kier alpha value is -2.33. The Morgan fingerprint density at radius 2 is 2.24 bits per heavy atom. The Labute approximate surface area is 173 Å². The van der Waals surface area contributed by atoms with E-state index in [2.05, 4.69) is 42.0 Å². The summed E-state index contributed by atoms with van der Waals surface area (Å²) in [5, 5.41) is 30.7. The Balaban J connectivity index is 1.70. The lowest BCUT2D eigenvalue weighted by atomic mass is 10.0. The Kier molecular flexibility index (Phi) is 6.04. The normalized spacial score (nSPS) is 20.8. The van der Waals surface area contributed by atoms with E-state index in [0.717, 1.165) is 4.31 Å². The van der Waals surface area contributed by atoms with Gasteiger partial charge in [-0.1, -0.05) is 5.16 Å². The predicted molar refractivity (Wildman–Crippen MR) is 105 cm³/mol. The molecule has 15 heteroatoms. The summed E-state index contributed by atoms with van der Waals surface area (Å²) in [7, 11) is -3.83. The van der Waals surface area contributed by atoms with Gasteiger partial charge in [0.05, 0.1) is 4.47 Å². The average Bonchev–Trinajstić information content (AvgIpc) is 3.28. The molecule has 7 N–H and O–H groups in total. The predicted octanol–water partition coefficient (Wildman–Crippen LogP) is 0.238. The van der Waals surface area contributed by atoms with Crippen molar-refractivity contribution in [3.8, 4) is 0 Å². The van der Waals surface area contributed by atoms with Crippen molar-refractivity contribution in [3.05, 3.63) is 34.2 Å². The quantitative estimate of drug-likeness (QED) is 0.163. The van der Waals surface area contributed by atoms with Gasteiger partial charge in [0.2, 0.25) is 11.7 Å². The van der Waals surface area contributed by atoms with E-state index < -0.39 is 21.6 Å². The molecule has 3 rings (SSSR count). The van der Waals surface area contributed by atoms with Crippen molar-refractivity contribution in [1.82, 2.24) is 14.6 Å². The number of nitrogens with zero attached hydrogens (tertiary/aromatic N) is 4. The highest BCUT2D eigenvalue weighted by Crippen LogP contribution is 2.23. The number of benzene rings is 1. The number of oxime groups is 1. The average molecular weight is 493 g/mol. The van der Waals surface area contributed by atoms with Crippen LogP contribution >= 0.6 is 15.9 Å². The van der Waals surface area contributed by atoms with Gasteiger partial charge < -0.3 is 21.6 Å². The molecule has 0 saturated carbocycles. The minimum atomic E-state index is -3.83. The van der Waals surface area contributed by atoms with Gasteiger partial charge in [0.15, 0.2) is 5.69 Å². The summed E-state index contributed by atoms with van der Waals surface area (Å²) in [6, 6.07) is 4.09. The van der Waals surface area contributed by atoms with Gasteiger partial charge in [-0.2, -0.15) is 12.7 Å². The molecular weight excluding hydrogens is 475 g/mol. The first-order valence-electron chi connectivity index (χ1n) is 8.19. The fourth-order valence-electron chi connectivity index (χ4n) is 2.78. The van der Waals surface area contributed by atoms with E-state index in [-0.39, 0.29) is 41.5 Å². The fraction of sp³-hybridized carbons (Fsp3) is 0.357. The highest BCUT2D eigenvalue weighted by molar-refractivity contribution is 9.10. The van der Waals surface area contributed by atoms with Crippen molar-refractivity contribution in [2.45, 2.75) is 12.0 Å². The minimum absolute atomic E-state index is 0.0300. The summed E-state index contributed by atoms with van der Waals surface area (Å²) < 4.78 is 42.3. The van der Waals surface area contributed by atoms with Gasteiger partial charge in [0.25, 0.3) is 10.2 Å². The van der Waals surface area contributed by atoms with Gasteiger partial charge in [-0.25, -0.2) is 14.2 Å². The second-order valence-electron chi connectivity index (χ2n) is 6.51. The van der Waals surface area contributed by atoms with Crippen LogP contribution in [0.5, 0.6) is 0 Å². The molecule has 1 fully saturated rings. The van der Waals surface area contributed by atoms with Crippen molar-refractivity contribution in [2.24, 2.45) is 16.0 Å². The first-order valence-corrected chi connectivity index (χ1v) is 10.5. The molecule has 2 aromatic rings. The van der Waals surface area contributed by atoms with Crippen LogP contribution in [0.15, 0.2) is 32.5 Å². The number of halogens is 2. The molecule has 1 aliphatic rings. The molecule has 1 aromatic heterocycles. The van der Waals surface area contributed by atoms with Gasteiger partial charge in [-0.15, -0.1) is 0 Å². The first kappa shape index (κ1) is 21.4. The minimum Gasteiger partial charge on any atom is -0.409 e. The highest BCUT2D eigenvalue weighted by Gasteiger charge is 2.39. The zero-order chi connectivity index (χ0) is 21.2. The largest absolute Gasteiger partial charge is 0.409 e. The third-order valence-corrected chi connectivity index (χ3v) is 5.95. The molecule has 1 atom stereocenters. The van der Waals surface area contributed by atoms with E-state index in [9.17, 15) is 18.0 Å². The second kappa shape index (κ2) is 8.19. The number of aromatic nitrogens is 2. The van der Waals surface area contributed by atoms with E-state index in [1.807, 2.05) is 0 Å². The molecule has 1 aliphatic heterocycles. The van der Waals surface area contributed by atoms with Crippen LogP contribution in [0.1, 0.15) is 12.1 Å². The van der Waals surface area contributed by atoms with Gasteiger partial charge >= 0.3 is 0 Å². The molecule has 158 valence electrons. The van der Waals surface area contributed by atoms with Crippen molar-refractivity contribution >= 4 is 43.5 Å². The van der Waals surface area contributed by atoms with Gasteiger partial charge in [-0.05, 0) is 50.9 Å². The molecule has 2 heterocycles. The third-order valence-electron chi connectivity index (χ3n) is 4.31. The highest BCUT2D eigenvalue weighted by atomic mass is 79.9. The third kappa shape index (κ3) is 4.99. The lowest BCUT2D eigenvalue weighted by Gasteiger charge is -2.24. The summed E-state index contributed by atoms with van der Waals surface area (Å²) in [4.78, 5) is 0. The van der Waals surface area contributed by atoms with E-state index in [4.69, 9.17) is 15.5 Å². The van der Waals surface area contributed by atoms with Crippen molar-refractivity contribution < 1.29 is 22.6 Å². The monoisotopic (exact) mass is 492 g/mol. The fourth-order valence-corrected chi connectivity index (χ4v) is 3.94. The summed E-state index contributed by atoms with van der Waals surface area (Å²) in [6.45, 7) is 0.356. The summed E-state index contributed by atoms with van der Waals surface area (Å²) in [5.41, 5.74) is 5.79. The molecule has 1 aromatic carbocycles. The van der Waals surface area contributed by atoms with Crippen molar-refractivity contribution in [2.75, 3.05) is 30.3 Å². The van der Waals surface area contributed by atoms with Crippen LogP contribution in [0.2, 0.25) is 0 Å². The van der Waals surface area contributed by atoms with Crippen LogP contribution in [0.25, 0.3) is 0 Å². The maximum absolute atomic E-state index is 13.4. The lowest BCUT2D eigenvalue weighted by Crippen LogP contribution is -2.50. The van der Waals surface area contributed by atoms with Crippen LogP contribution in [0, 0.1) is 5.82 Å². The van der Waals surface area contributed by atoms with Crippen LogP contribution in [-0.2, 0) is 10.2 Å². The van der Waals surface area contributed by atoms with Gasteiger partial charge in [0.1, 0.15) is 5.82 Å². The van der Waals surface area contributed by atoms with E-state index in [0.29, 0.717) is 12.1 Å². The first-order chi connectivity index (χ1) is 13.6. The Morgan fingerprint density at radius 1 is 1.48 bits per heavy atom. The van der Waals surface area contributed by atoms with Crippen LogP contribution < -0.4 is 21.5 Å². The summed E-state index contributed by atoms with van der Waals surface area (Å²) >= 11 is 3.06. The molecule has 29 heavy (non-hydrogen) atoms. The maximum Gasteiger partial charge on any atom is 0.276 e. The van der Waals surface area contributed by atoms with E-state index in [1.165, 1.54) is 18.2 Å². The summed E-state index contributed by atoms with van der Waals surface area (Å²) in [6.07, 6.45) is 0.375. The maximum atomic E-state index is 13.4. The van der Waals surface area contributed by atoms with E-state index >= 15 is 0 Å². The topological polar surface area (TPSA) is 185 Å². The standard InChI is InChI=1S/C14H18BrFN8O4S/c15-9-5-8(1-2-10(9)16)20-13(21-25)11-12(23-28-22-11)19-6-14(17)3-4-24(7-14)29(18,26)27/h1-2,5,25H,3-4,6-7,17H2,(H,19,23)(H,20,21)(H2,18,26,27). The number of nitrogens with one attached hydrogen (secondary N) is 2. The number of anilines is 2. The molecule has 1 saturated heterocycles. The Bertz CT molecular complexity index is 1030. The van der Waals surface area contributed by atoms with Crippen LogP contribution in [0.3, 0.4) is 0 Å². The Morgan fingerprint density at radius 3 is 2.86 bits per heavy atom. The molecule has 1 unspecified atom stereocenters. The number of hydrogen-bond acceptors (Lipinski definition) is 9. The van der Waals surface area contributed by atoms with Crippen molar-refractivity contribution in [3.63, 3.8) is 0 Å². The molecule has 0 amide bonds. The molecule has 0 bridgehead atoms. The molecule has 12 nitrogen and oxygen atoms in total. The van der Waals surface area contributed by atoms with Gasteiger partial charge in [-0.3, -0.25) is 0 Å². The lowest BCUT2D eigenvalue weighted by molar-refractivity contribution is 0.304. The molecule has 0 radical (unpaired) electrons. The van der Waals surface area contributed by atoms with Crippen LogP contribution in [-0.4, -0.2) is 59.3 Å². The van der Waals surface area contributed by atoms with E-state index in [1.54, 1.807) is 0 Å². The summed E-state index contributed by atoms with van der Waals surface area (Å²) in [5.74, 6) is -0.455. The smallest absolute Gasteiger partial charge is 0.276 e. The SMILES string of the molecule is NC1(CNc2nonc2/C(=N/O)Nc2ccc(F)c(Br)c2)CCN(S(N)(=O)=O)C1. The zero-order valence-corrected chi connectivity index (χ0v) is 17.2. The zero-order valence-electron chi connectivity index (χ0n) is 14.8. The van der Waals surface area contributed by atoms with Crippen LogP contribution in [0.4, 0.5) is 15.9 Å².